The molecule has 0 bridgehead atoms. The molecule has 15 heavy (non-hydrogen) atoms. The van der Waals surface area contributed by atoms with Crippen LogP contribution >= 0.6 is 23.2 Å². The summed E-state index contributed by atoms with van der Waals surface area (Å²) >= 11 is 11.8. The van der Waals surface area contributed by atoms with Crippen molar-refractivity contribution in [2.45, 2.75) is 6.42 Å². The lowest BCUT2D eigenvalue weighted by Gasteiger charge is -2.03. The first-order valence-electron chi connectivity index (χ1n) is 4.20. The number of rotatable bonds is 3. The molecule has 0 atom stereocenters. The molecule has 1 rings (SSSR count). The highest BCUT2D eigenvalue weighted by molar-refractivity contribution is 6.44. The molecule has 0 radical (unpaired) electrons. The summed E-state index contributed by atoms with van der Waals surface area (Å²) in [5.74, 6) is -0.399. The second kappa shape index (κ2) is 5.05. The van der Waals surface area contributed by atoms with Crippen molar-refractivity contribution in [3.8, 4) is 0 Å². The molecule has 0 heterocycles. The second-order valence-corrected chi connectivity index (χ2v) is 3.70. The quantitative estimate of drug-likeness (QED) is 0.803. The molecule has 0 spiro atoms. The fraction of sp³-hybridized carbons (Fsp3) is 0.100. The number of hydrogen-bond donors (Lipinski definition) is 2. The zero-order valence-electron chi connectivity index (χ0n) is 7.84. The van der Waals surface area contributed by atoms with Crippen LogP contribution in [0.15, 0.2) is 18.2 Å². The molecule has 0 fully saturated rings. The maximum Gasteiger partial charge on any atom is 0.221 e. The van der Waals surface area contributed by atoms with Gasteiger partial charge in [0.15, 0.2) is 0 Å². The van der Waals surface area contributed by atoms with E-state index in [0.717, 1.165) is 0 Å². The van der Waals surface area contributed by atoms with Crippen LogP contribution in [-0.2, 0) is 4.79 Å². The lowest BCUT2D eigenvalue weighted by atomic mass is 10.2. The molecule has 0 aromatic heterocycles. The van der Waals surface area contributed by atoms with Gasteiger partial charge in [0.25, 0.3) is 0 Å². The van der Waals surface area contributed by atoms with E-state index in [2.05, 4.69) is 0 Å². The topological polar surface area (TPSA) is 69.1 Å². The Labute approximate surface area is 97.6 Å². The van der Waals surface area contributed by atoms with Crippen molar-refractivity contribution in [3.63, 3.8) is 0 Å². The minimum atomic E-state index is -0.399. The molecule has 0 saturated heterocycles. The van der Waals surface area contributed by atoms with Gasteiger partial charge in [-0.3, -0.25) is 4.79 Å². The number of carbonyl (C=O) groups excluding carboxylic acids is 1. The first-order valence-corrected chi connectivity index (χ1v) is 4.96. The van der Waals surface area contributed by atoms with E-state index in [1.165, 1.54) is 0 Å². The molecule has 0 aliphatic heterocycles. The predicted octanol–water partition coefficient (Wildman–Crippen LogP) is 2.46. The van der Waals surface area contributed by atoms with E-state index in [-0.39, 0.29) is 6.42 Å². The second-order valence-electron chi connectivity index (χ2n) is 2.94. The van der Waals surface area contributed by atoms with Crippen LogP contribution in [0.3, 0.4) is 0 Å². The van der Waals surface area contributed by atoms with Gasteiger partial charge in [-0.1, -0.05) is 41.4 Å². The molecule has 0 aliphatic carbocycles. The Morgan fingerprint density at radius 3 is 2.60 bits per heavy atom. The summed E-state index contributed by atoms with van der Waals surface area (Å²) in [6, 6.07) is 3.37. The normalized spacial score (nSPS) is 10.8. The Balaban J connectivity index is 2.92. The number of benzene rings is 1. The summed E-state index contributed by atoms with van der Waals surface area (Å²) in [5.41, 5.74) is 11.7. The number of anilines is 1. The summed E-state index contributed by atoms with van der Waals surface area (Å²) in [5, 5.41) is 0.690. The number of nitrogen functional groups attached to an aromatic ring is 1. The summed E-state index contributed by atoms with van der Waals surface area (Å²) in [7, 11) is 0. The number of carbonyl (C=O) groups is 1. The van der Waals surface area contributed by atoms with Gasteiger partial charge in [0.1, 0.15) is 0 Å². The highest BCUT2D eigenvalue weighted by atomic mass is 35.5. The van der Waals surface area contributed by atoms with Crippen LogP contribution in [-0.4, -0.2) is 5.91 Å². The third kappa shape index (κ3) is 3.15. The van der Waals surface area contributed by atoms with Crippen molar-refractivity contribution in [2.75, 3.05) is 5.73 Å². The van der Waals surface area contributed by atoms with Crippen molar-refractivity contribution in [1.29, 1.82) is 0 Å². The Morgan fingerprint density at radius 2 is 2.00 bits per heavy atom. The largest absolute Gasteiger partial charge is 0.397 e. The third-order valence-corrected chi connectivity index (χ3v) is 2.67. The van der Waals surface area contributed by atoms with Crippen molar-refractivity contribution >= 4 is 40.9 Å². The average Bonchev–Trinajstić information content (AvgIpc) is 2.18. The number of halogens is 2. The smallest absolute Gasteiger partial charge is 0.221 e. The van der Waals surface area contributed by atoms with E-state index in [1.807, 2.05) is 0 Å². The van der Waals surface area contributed by atoms with Gasteiger partial charge in [0, 0.05) is 6.42 Å². The molecule has 1 aromatic rings. The van der Waals surface area contributed by atoms with E-state index >= 15 is 0 Å². The number of primary amides is 1. The maximum atomic E-state index is 10.5. The summed E-state index contributed by atoms with van der Waals surface area (Å²) < 4.78 is 0. The van der Waals surface area contributed by atoms with Crippen LogP contribution in [0.4, 0.5) is 5.69 Å². The van der Waals surface area contributed by atoms with E-state index in [4.69, 9.17) is 34.7 Å². The van der Waals surface area contributed by atoms with E-state index in [9.17, 15) is 4.79 Å². The Morgan fingerprint density at radius 1 is 1.33 bits per heavy atom. The van der Waals surface area contributed by atoms with Crippen molar-refractivity contribution in [2.24, 2.45) is 5.73 Å². The number of nitrogens with two attached hydrogens (primary N) is 2. The zero-order valence-corrected chi connectivity index (χ0v) is 9.35. The lowest BCUT2D eigenvalue weighted by molar-refractivity contribution is -0.117. The fourth-order valence-corrected chi connectivity index (χ4v) is 1.42. The number of amides is 1. The Kier molecular flexibility index (Phi) is 4.00. The molecule has 0 saturated carbocycles. The summed E-state index contributed by atoms with van der Waals surface area (Å²) in [6.07, 6.45) is 3.47. The van der Waals surface area contributed by atoms with Gasteiger partial charge in [0.05, 0.1) is 15.7 Å². The summed E-state index contributed by atoms with van der Waals surface area (Å²) in [6.45, 7) is 0. The third-order valence-electron chi connectivity index (χ3n) is 1.76. The van der Waals surface area contributed by atoms with Crippen LogP contribution in [0, 0.1) is 0 Å². The maximum absolute atomic E-state index is 10.5. The monoisotopic (exact) mass is 244 g/mol. The van der Waals surface area contributed by atoms with Gasteiger partial charge >= 0.3 is 0 Å². The lowest BCUT2D eigenvalue weighted by Crippen LogP contribution is -2.07. The van der Waals surface area contributed by atoms with Crippen LogP contribution < -0.4 is 11.5 Å². The SMILES string of the molecule is NC(=O)CC=Cc1ccc(N)c(Cl)c1Cl. The van der Waals surface area contributed by atoms with Crippen LogP contribution in [0.25, 0.3) is 6.08 Å². The molecule has 3 nitrogen and oxygen atoms in total. The van der Waals surface area contributed by atoms with Gasteiger partial charge in [-0.2, -0.15) is 0 Å². The van der Waals surface area contributed by atoms with Crippen LogP contribution in [0.1, 0.15) is 12.0 Å². The highest BCUT2D eigenvalue weighted by Crippen LogP contribution is 2.31. The van der Waals surface area contributed by atoms with Gasteiger partial charge in [-0.05, 0) is 11.6 Å². The van der Waals surface area contributed by atoms with Gasteiger partial charge in [-0.15, -0.1) is 0 Å². The van der Waals surface area contributed by atoms with Gasteiger partial charge in [0.2, 0.25) is 5.91 Å². The van der Waals surface area contributed by atoms with Gasteiger partial charge < -0.3 is 11.5 Å². The van der Waals surface area contributed by atoms with Gasteiger partial charge in [-0.25, -0.2) is 0 Å². The molecular formula is C10H10Cl2N2O. The minimum Gasteiger partial charge on any atom is -0.397 e. The molecule has 1 aromatic carbocycles. The molecule has 1 amide bonds. The molecule has 0 unspecified atom stereocenters. The van der Waals surface area contributed by atoms with Crippen LogP contribution in [0.5, 0.6) is 0 Å². The van der Waals surface area contributed by atoms with E-state index < -0.39 is 5.91 Å². The highest BCUT2D eigenvalue weighted by Gasteiger charge is 2.05. The first kappa shape index (κ1) is 11.9. The van der Waals surface area contributed by atoms with E-state index in [1.54, 1.807) is 24.3 Å². The molecule has 80 valence electrons. The Bertz CT molecular complexity index is 416. The van der Waals surface area contributed by atoms with Crippen LogP contribution in [0.2, 0.25) is 10.0 Å². The standard InChI is InChI=1S/C10H10Cl2N2O/c11-9-6(2-1-3-8(14)15)4-5-7(13)10(9)12/h1-2,4-5H,3,13H2,(H2,14,15). The predicted molar refractivity (Wildman–Crippen MR) is 63.7 cm³/mol. The Hall–Kier alpha value is -1.19. The number of hydrogen-bond acceptors (Lipinski definition) is 2. The average molecular weight is 245 g/mol. The van der Waals surface area contributed by atoms with E-state index in [0.29, 0.717) is 21.3 Å². The summed E-state index contributed by atoms with van der Waals surface area (Å²) in [4.78, 5) is 10.5. The molecule has 4 N–H and O–H groups in total. The fourth-order valence-electron chi connectivity index (χ4n) is 1.01. The van der Waals surface area contributed by atoms with Crippen molar-refractivity contribution < 1.29 is 4.79 Å². The minimum absolute atomic E-state index is 0.165. The zero-order chi connectivity index (χ0) is 11.4. The molecular weight excluding hydrogens is 235 g/mol. The van der Waals surface area contributed by atoms with Crippen molar-refractivity contribution in [3.05, 3.63) is 33.8 Å². The van der Waals surface area contributed by atoms with Crippen molar-refractivity contribution in [1.82, 2.24) is 0 Å². The first-order chi connectivity index (χ1) is 7.02. The molecule has 5 heteroatoms. The molecule has 0 aliphatic rings.